The van der Waals surface area contributed by atoms with Gasteiger partial charge in [-0.15, -0.1) is 0 Å². The third kappa shape index (κ3) is 2.87. The van der Waals surface area contributed by atoms with Crippen LogP contribution in [0.1, 0.15) is 35.7 Å². The maximum Gasteiger partial charge on any atom is 0.0726 e. The molecule has 3 aromatic rings. The van der Waals surface area contributed by atoms with E-state index in [2.05, 4.69) is 47.8 Å². The molecule has 0 aliphatic heterocycles. The first-order valence-electron chi connectivity index (χ1n) is 8.77. The minimum absolute atomic E-state index is 0.314. The van der Waals surface area contributed by atoms with E-state index < -0.39 is 0 Å². The van der Waals surface area contributed by atoms with E-state index in [1.165, 1.54) is 23.2 Å². The van der Waals surface area contributed by atoms with Gasteiger partial charge in [0.15, 0.2) is 0 Å². The number of fused-ring (bicyclic) bond motifs is 2. The lowest BCUT2D eigenvalue weighted by Crippen LogP contribution is -2.28. The molecule has 3 nitrogen and oxygen atoms in total. The molecule has 1 atom stereocenters. The van der Waals surface area contributed by atoms with Crippen molar-refractivity contribution in [2.75, 3.05) is 12.3 Å². The summed E-state index contributed by atoms with van der Waals surface area (Å²) in [6, 6.07) is 19.1. The number of benzene rings is 2. The second kappa shape index (κ2) is 6.62. The van der Waals surface area contributed by atoms with Gasteiger partial charge in [0.05, 0.1) is 5.52 Å². The van der Waals surface area contributed by atoms with Crippen molar-refractivity contribution in [3.63, 3.8) is 0 Å². The van der Waals surface area contributed by atoms with E-state index in [1.807, 2.05) is 12.1 Å². The summed E-state index contributed by atoms with van der Waals surface area (Å²) < 4.78 is 0. The minimum Gasteiger partial charge on any atom is -0.398 e. The zero-order valence-electron chi connectivity index (χ0n) is 13.8. The van der Waals surface area contributed by atoms with Crippen molar-refractivity contribution in [1.82, 2.24) is 10.3 Å². The molecule has 24 heavy (non-hydrogen) atoms. The topological polar surface area (TPSA) is 50.9 Å². The van der Waals surface area contributed by atoms with Gasteiger partial charge in [-0.1, -0.05) is 48.5 Å². The molecule has 0 bridgehead atoms. The van der Waals surface area contributed by atoms with E-state index in [4.69, 9.17) is 10.7 Å². The molecule has 0 spiro atoms. The zero-order valence-corrected chi connectivity index (χ0v) is 13.8. The van der Waals surface area contributed by atoms with Gasteiger partial charge in [-0.25, -0.2) is 0 Å². The molecule has 0 radical (unpaired) electrons. The summed E-state index contributed by atoms with van der Waals surface area (Å²) in [4.78, 5) is 4.87. The number of para-hydroxylation sites is 1. The molecule has 0 saturated heterocycles. The lowest BCUT2D eigenvalue weighted by molar-refractivity contribution is 0.460. The number of hydrogen-bond acceptors (Lipinski definition) is 3. The predicted octanol–water partition coefficient (Wildman–Crippen LogP) is 4.03. The summed E-state index contributed by atoms with van der Waals surface area (Å²) >= 11 is 0. The highest BCUT2D eigenvalue weighted by molar-refractivity contribution is 5.92. The van der Waals surface area contributed by atoms with Crippen molar-refractivity contribution >= 4 is 16.6 Å². The quantitative estimate of drug-likeness (QED) is 0.764. The molecule has 1 aliphatic carbocycles. The monoisotopic (exact) mass is 317 g/mol. The molecule has 3 heteroatoms. The summed E-state index contributed by atoms with van der Waals surface area (Å²) in [5.41, 5.74) is 12.2. The SMILES string of the molecule is Nc1c2c(nc3ccccc13)CCCC2NCCc1ccccc1. The van der Waals surface area contributed by atoms with Crippen molar-refractivity contribution in [3.8, 4) is 0 Å². The van der Waals surface area contributed by atoms with Crippen LogP contribution < -0.4 is 11.1 Å². The van der Waals surface area contributed by atoms with Crippen LogP contribution in [-0.2, 0) is 12.8 Å². The number of hydrogen-bond donors (Lipinski definition) is 2. The van der Waals surface area contributed by atoms with Crippen molar-refractivity contribution in [3.05, 3.63) is 71.4 Å². The third-order valence-electron chi connectivity index (χ3n) is 4.95. The highest BCUT2D eigenvalue weighted by Gasteiger charge is 2.24. The molecule has 0 fully saturated rings. The van der Waals surface area contributed by atoms with Gasteiger partial charge in [-0.05, 0) is 43.9 Å². The molecule has 1 heterocycles. The van der Waals surface area contributed by atoms with Crippen molar-refractivity contribution < 1.29 is 0 Å². The zero-order chi connectivity index (χ0) is 16.4. The Hall–Kier alpha value is -2.39. The summed E-state index contributed by atoms with van der Waals surface area (Å²) in [5.74, 6) is 0. The Balaban J connectivity index is 1.57. The van der Waals surface area contributed by atoms with Crippen LogP contribution in [0.5, 0.6) is 0 Å². The molecule has 3 N–H and O–H groups in total. The highest BCUT2D eigenvalue weighted by Crippen LogP contribution is 2.36. The number of nitrogen functional groups attached to an aromatic ring is 1. The second-order valence-electron chi connectivity index (χ2n) is 6.54. The van der Waals surface area contributed by atoms with Crippen LogP contribution in [0.4, 0.5) is 5.69 Å². The van der Waals surface area contributed by atoms with Gasteiger partial charge in [0.1, 0.15) is 0 Å². The maximum atomic E-state index is 6.53. The Bertz CT molecular complexity index is 842. The van der Waals surface area contributed by atoms with Gasteiger partial charge in [-0.3, -0.25) is 4.98 Å². The summed E-state index contributed by atoms with van der Waals surface area (Å²) in [6.07, 6.45) is 4.36. The van der Waals surface area contributed by atoms with Gasteiger partial charge in [0.25, 0.3) is 0 Å². The molecule has 0 saturated carbocycles. The number of nitrogens with one attached hydrogen (secondary N) is 1. The fourth-order valence-corrected chi connectivity index (χ4v) is 3.74. The fourth-order valence-electron chi connectivity index (χ4n) is 3.74. The fraction of sp³-hybridized carbons (Fsp3) is 0.286. The first kappa shape index (κ1) is 15.2. The number of anilines is 1. The van der Waals surface area contributed by atoms with Gasteiger partial charge in [0.2, 0.25) is 0 Å². The van der Waals surface area contributed by atoms with Crippen molar-refractivity contribution in [2.24, 2.45) is 0 Å². The number of rotatable bonds is 4. The molecular formula is C21H23N3. The van der Waals surface area contributed by atoms with E-state index in [9.17, 15) is 0 Å². The molecule has 2 aromatic carbocycles. The number of pyridine rings is 1. The van der Waals surface area contributed by atoms with E-state index in [0.29, 0.717) is 6.04 Å². The predicted molar refractivity (Wildman–Crippen MR) is 100.0 cm³/mol. The molecule has 4 rings (SSSR count). The van der Waals surface area contributed by atoms with Crippen LogP contribution in [0.3, 0.4) is 0 Å². The summed E-state index contributed by atoms with van der Waals surface area (Å²) in [7, 11) is 0. The van der Waals surface area contributed by atoms with Gasteiger partial charge >= 0.3 is 0 Å². The first-order valence-corrected chi connectivity index (χ1v) is 8.77. The number of nitrogens with two attached hydrogens (primary N) is 1. The third-order valence-corrected chi connectivity index (χ3v) is 4.95. The number of nitrogens with zero attached hydrogens (tertiary/aromatic N) is 1. The van der Waals surface area contributed by atoms with Crippen LogP contribution in [0, 0.1) is 0 Å². The van der Waals surface area contributed by atoms with Gasteiger partial charge in [-0.2, -0.15) is 0 Å². The number of aryl methyl sites for hydroxylation is 1. The van der Waals surface area contributed by atoms with Crippen LogP contribution in [0.15, 0.2) is 54.6 Å². The molecule has 0 amide bonds. The Morgan fingerprint density at radius 3 is 2.71 bits per heavy atom. The van der Waals surface area contributed by atoms with E-state index in [0.717, 1.165) is 42.4 Å². The van der Waals surface area contributed by atoms with Crippen molar-refractivity contribution in [1.29, 1.82) is 0 Å². The lowest BCUT2D eigenvalue weighted by atomic mass is 9.88. The highest BCUT2D eigenvalue weighted by atomic mass is 14.9. The van der Waals surface area contributed by atoms with Crippen LogP contribution in [0.2, 0.25) is 0 Å². The Morgan fingerprint density at radius 1 is 1.04 bits per heavy atom. The molecule has 122 valence electrons. The van der Waals surface area contributed by atoms with Gasteiger partial charge in [0, 0.05) is 28.4 Å². The Morgan fingerprint density at radius 2 is 1.83 bits per heavy atom. The average molecular weight is 317 g/mol. The molecule has 1 unspecified atom stereocenters. The Kier molecular flexibility index (Phi) is 4.18. The summed E-state index contributed by atoms with van der Waals surface area (Å²) in [5, 5.41) is 4.79. The minimum atomic E-state index is 0.314. The molecule has 1 aliphatic rings. The van der Waals surface area contributed by atoms with Gasteiger partial charge < -0.3 is 11.1 Å². The van der Waals surface area contributed by atoms with E-state index in [-0.39, 0.29) is 0 Å². The smallest absolute Gasteiger partial charge is 0.0726 e. The Labute approximate surface area is 142 Å². The normalized spacial score (nSPS) is 16.9. The van der Waals surface area contributed by atoms with E-state index >= 15 is 0 Å². The number of aromatic nitrogens is 1. The average Bonchev–Trinajstić information content (AvgIpc) is 2.63. The molecular weight excluding hydrogens is 294 g/mol. The largest absolute Gasteiger partial charge is 0.398 e. The lowest BCUT2D eigenvalue weighted by Gasteiger charge is -2.28. The first-order chi connectivity index (χ1) is 11.8. The standard InChI is InChI=1S/C21H23N3/c22-21-16-9-4-5-10-17(16)24-19-12-6-11-18(20(19)21)23-14-13-15-7-2-1-3-8-15/h1-5,7-10,18,23H,6,11-14H2,(H2,22,24). The van der Waals surface area contributed by atoms with E-state index in [1.54, 1.807) is 0 Å². The van der Waals surface area contributed by atoms with Crippen LogP contribution >= 0.6 is 0 Å². The second-order valence-corrected chi connectivity index (χ2v) is 6.54. The summed E-state index contributed by atoms with van der Waals surface area (Å²) in [6.45, 7) is 0.959. The van der Waals surface area contributed by atoms with Crippen LogP contribution in [0.25, 0.3) is 10.9 Å². The maximum absolute atomic E-state index is 6.53. The van der Waals surface area contributed by atoms with Crippen LogP contribution in [-0.4, -0.2) is 11.5 Å². The molecule has 1 aromatic heterocycles. The van der Waals surface area contributed by atoms with Crippen molar-refractivity contribution in [2.45, 2.75) is 31.7 Å².